The molecule has 0 fully saturated rings. The zero-order valence-corrected chi connectivity index (χ0v) is 12.8. The van der Waals surface area contributed by atoms with E-state index in [9.17, 15) is 0 Å². The highest BCUT2D eigenvalue weighted by molar-refractivity contribution is 5.31. The molecule has 3 aromatic rings. The molecule has 22 heavy (non-hydrogen) atoms. The van der Waals surface area contributed by atoms with Gasteiger partial charge in [-0.25, -0.2) is 0 Å². The Bertz CT molecular complexity index is 721. The van der Waals surface area contributed by atoms with Gasteiger partial charge < -0.3 is 0 Å². The number of anilines is 1. The second kappa shape index (κ2) is 6.39. The Hall–Kier alpha value is -2.69. The van der Waals surface area contributed by atoms with Crippen LogP contribution in [0.1, 0.15) is 20.3 Å². The minimum atomic E-state index is 0.330. The van der Waals surface area contributed by atoms with Gasteiger partial charge >= 0.3 is 5.95 Å². The van der Waals surface area contributed by atoms with Crippen LogP contribution in [0.4, 0.5) is 5.95 Å². The molecule has 5 nitrogen and oxygen atoms in total. The molecule has 0 saturated carbocycles. The number of nitrogens with one attached hydrogen (secondary N) is 1. The predicted octanol–water partition coefficient (Wildman–Crippen LogP) is 2.75. The van der Waals surface area contributed by atoms with E-state index in [0.717, 1.165) is 23.7 Å². The fraction of sp³-hybridized carbons (Fsp3) is 0.235. The molecular weight excluding hydrogens is 274 g/mol. The number of hydrogen-bond acceptors (Lipinski definition) is 3. The Labute approximate surface area is 130 Å². The highest BCUT2D eigenvalue weighted by Crippen LogP contribution is 2.08. The van der Waals surface area contributed by atoms with E-state index in [4.69, 9.17) is 0 Å². The van der Waals surface area contributed by atoms with Gasteiger partial charge in [-0.2, -0.15) is 0 Å². The lowest BCUT2D eigenvalue weighted by Gasteiger charge is -2.05. The third kappa shape index (κ3) is 2.98. The molecule has 1 atom stereocenters. The van der Waals surface area contributed by atoms with Crippen molar-refractivity contribution in [1.29, 1.82) is 0 Å². The minimum absolute atomic E-state index is 0.330. The monoisotopic (exact) mass is 294 g/mol. The summed E-state index contributed by atoms with van der Waals surface area (Å²) in [5, 5.41) is 12.6. The smallest absolute Gasteiger partial charge is 0.288 e. The van der Waals surface area contributed by atoms with Gasteiger partial charge in [-0.05, 0) is 42.4 Å². The topological polar surface area (TPSA) is 46.6 Å². The van der Waals surface area contributed by atoms with Crippen molar-refractivity contribution >= 4 is 5.95 Å². The van der Waals surface area contributed by atoms with Crippen molar-refractivity contribution in [3.05, 3.63) is 60.7 Å². The molecule has 0 aliphatic heterocycles. The van der Waals surface area contributed by atoms with Gasteiger partial charge in [0.05, 0.1) is 11.1 Å². The lowest BCUT2D eigenvalue weighted by molar-refractivity contribution is -0.648. The maximum absolute atomic E-state index is 4.60. The molecule has 0 saturated heterocycles. The van der Waals surface area contributed by atoms with Gasteiger partial charge in [0.2, 0.25) is 0 Å². The minimum Gasteiger partial charge on any atom is -0.288 e. The predicted molar refractivity (Wildman–Crippen MR) is 86.3 cm³/mol. The van der Waals surface area contributed by atoms with Crippen molar-refractivity contribution in [3.8, 4) is 11.4 Å². The fourth-order valence-electron chi connectivity index (χ4n) is 2.11. The first-order chi connectivity index (χ1) is 10.8. The molecule has 1 heterocycles. The lowest BCUT2D eigenvalue weighted by atomic mass is 10.3. The molecule has 3 rings (SSSR count). The first-order valence-corrected chi connectivity index (χ1v) is 7.55. The van der Waals surface area contributed by atoms with E-state index < -0.39 is 0 Å². The summed E-state index contributed by atoms with van der Waals surface area (Å²) in [6, 6.07) is 20.3. The molecule has 1 N–H and O–H groups in total. The fourth-order valence-corrected chi connectivity index (χ4v) is 2.11. The second-order valence-corrected chi connectivity index (χ2v) is 5.24. The third-order valence-corrected chi connectivity index (χ3v) is 3.54. The van der Waals surface area contributed by atoms with E-state index in [1.54, 1.807) is 4.80 Å². The Morgan fingerprint density at radius 3 is 2.32 bits per heavy atom. The van der Waals surface area contributed by atoms with Crippen molar-refractivity contribution in [1.82, 2.24) is 15.1 Å². The Morgan fingerprint density at radius 2 is 1.68 bits per heavy atom. The van der Waals surface area contributed by atoms with E-state index in [2.05, 4.69) is 29.5 Å². The van der Waals surface area contributed by atoms with Crippen LogP contribution in [0, 0.1) is 0 Å². The summed E-state index contributed by atoms with van der Waals surface area (Å²) in [6.07, 6.45) is 1.02. The van der Waals surface area contributed by atoms with Gasteiger partial charge in [-0.3, -0.25) is 5.32 Å². The van der Waals surface area contributed by atoms with E-state index in [1.807, 2.05) is 65.3 Å². The Morgan fingerprint density at radius 1 is 1.05 bits per heavy atom. The first kappa shape index (κ1) is 14.3. The van der Waals surface area contributed by atoms with E-state index in [0.29, 0.717) is 6.04 Å². The summed E-state index contributed by atoms with van der Waals surface area (Å²) >= 11 is 0. The van der Waals surface area contributed by atoms with Crippen LogP contribution in [0.5, 0.6) is 0 Å². The van der Waals surface area contributed by atoms with Crippen LogP contribution in [0.2, 0.25) is 0 Å². The van der Waals surface area contributed by atoms with E-state index in [1.165, 1.54) is 0 Å². The standard InChI is InChI=1S/C17H20N5/c1-3-14(2)18-17-19-22(16-12-8-5-9-13-16)20-21(17)15-10-6-4-7-11-15/h4-14H,3H2,1-2H3,(H,18,19,20)/q+1. The van der Waals surface area contributed by atoms with Crippen LogP contribution in [-0.2, 0) is 0 Å². The zero-order valence-electron chi connectivity index (χ0n) is 12.8. The summed E-state index contributed by atoms with van der Waals surface area (Å²) < 4.78 is 1.83. The van der Waals surface area contributed by atoms with Crippen molar-refractivity contribution < 1.29 is 4.68 Å². The van der Waals surface area contributed by atoms with Crippen LogP contribution in [-0.4, -0.2) is 21.2 Å². The third-order valence-electron chi connectivity index (χ3n) is 3.54. The van der Waals surface area contributed by atoms with Gasteiger partial charge in [0.1, 0.15) is 11.4 Å². The maximum atomic E-state index is 4.60. The number of aromatic nitrogens is 4. The van der Waals surface area contributed by atoms with E-state index >= 15 is 0 Å². The average Bonchev–Trinajstić information content (AvgIpc) is 3.00. The largest absolute Gasteiger partial charge is 0.403 e. The summed E-state index contributed by atoms with van der Waals surface area (Å²) in [6.45, 7) is 4.28. The molecule has 0 aliphatic carbocycles. The molecule has 0 amide bonds. The number of benzene rings is 2. The molecular formula is C17H20N5+. The van der Waals surface area contributed by atoms with Crippen molar-refractivity contribution in [2.24, 2.45) is 0 Å². The van der Waals surface area contributed by atoms with Crippen LogP contribution >= 0.6 is 0 Å². The molecule has 0 spiro atoms. The molecule has 1 aromatic heterocycles. The van der Waals surface area contributed by atoms with Crippen LogP contribution in [0.3, 0.4) is 0 Å². The average molecular weight is 294 g/mol. The SMILES string of the molecule is CCC(C)Nc1nn(-c2ccccc2)n[n+]1-c1ccccc1. The van der Waals surface area contributed by atoms with Crippen molar-refractivity contribution in [2.45, 2.75) is 26.3 Å². The molecule has 2 aromatic carbocycles. The summed E-state index contributed by atoms with van der Waals surface area (Å²) in [5.74, 6) is 0.740. The number of tetrazole rings is 1. The second-order valence-electron chi connectivity index (χ2n) is 5.24. The van der Waals surface area contributed by atoms with Gasteiger partial charge in [-0.15, -0.1) is 0 Å². The molecule has 0 radical (unpaired) electrons. The summed E-state index contributed by atoms with van der Waals surface area (Å²) in [7, 11) is 0. The quantitative estimate of drug-likeness (QED) is 0.736. The van der Waals surface area contributed by atoms with Crippen LogP contribution < -0.4 is 10.00 Å². The molecule has 0 aliphatic rings. The van der Waals surface area contributed by atoms with Crippen molar-refractivity contribution in [3.63, 3.8) is 0 Å². The van der Waals surface area contributed by atoms with Crippen molar-refractivity contribution in [2.75, 3.05) is 5.32 Å². The van der Waals surface area contributed by atoms with Gasteiger partial charge in [0, 0.05) is 5.21 Å². The van der Waals surface area contributed by atoms with Gasteiger partial charge in [-0.1, -0.05) is 48.0 Å². The highest BCUT2D eigenvalue weighted by Gasteiger charge is 2.22. The molecule has 5 heteroatoms. The Balaban J connectivity index is 2.05. The normalized spacial score (nSPS) is 12.1. The van der Waals surface area contributed by atoms with Crippen LogP contribution in [0.25, 0.3) is 11.4 Å². The summed E-state index contributed by atoms with van der Waals surface area (Å²) in [5.41, 5.74) is 1.92. The highest BCUT2D eigenvalue weighted by atomic mass is 15.7. The first-order valence-electron chi connectivity index (χ1n) is 7.55. The van der Waals surface area contributed by atoms with E-state index in [-0.39, 0.29) is 0 Å². The number of nitrogens with zero attached hydrogens (tertiary/aromatic N) is 4. The van der Waals surface area contributed by atoms with Gasteiger partial charge in [0.25, 0.3) is 0 Å². The zero-order chi connectivity index (χ0) is 15.4. The molecule has 112 valence electrons. The maximum Gasteiger partial charge on any atom is 0.403 e. The number of rotatable bonds is 5. The summed E-state index contributed by atoms with van der Waals surface area (Å²) in [4.78, 5) is 1.65. The molecule has 0 bridgehead atoms. The molecule has 1 unspecified atom stereocenters. The number of hydrogen-bond donors (Lipinski definition) is 1. The Kier molecular flexibility index (Phi) is 4.14. The van der Waals surface area contributed by atoms with Gasteiger partial charge in [0.15, 0.2) is 0 Å². The van der Waals surface area contributed by atoms with Crippen LogP contribution in [0.15, 0.2) is 60.7 Å². The lowest BCUT2D eigenvalue weighted by Crippen LogP contribution is -2.38. The number of para-hydroxylation sites is 2.